The zero-order chi connectivity index (χ0) is 16.8. The smallest absolute Gasteiger partial charge is 0.190 e. The molecule has 0 saturated heterocycles. The van der Waals surface area contributed by atoms with Crippen molar-refractivity contribution in [2.45, 2.75) is 26.7 Å². The van der Waals surface area contributed by atoms with E-state index >= 15 is 0 Å². The number of hydrogen-bond donors (Lipinski definition) is 2. The fraction of sp³-hybridized carbons (Fsp3) is 0.611. The fourth-order valence-electron chi connectivity index (χ4n) is 1.91. The normalized spacial score (nSPS) is 11.6. The third-order valence-corrected chi connectivity index (χ3v) is 3.06. The highest BCUT2D eigenvalue weighted by Crippen LogP contribution is 2.07. The van der Waals surface area contributed by atoms with Gasteiger partial charge in [0.2, 0.25) is 0 Å². The van der Waals surface area contributed by atoms with Gasteiger partial charge in [0.25, 0.3) is 0 Å². The average Bonchev–Trinajstić information content (AvgIpc) is 2.56. The second kappa shape index (κ2) is 12.8. The lowest BCUT2D eigenvalue weighted by Gasteiger charge is -2.12. The molecule has 130 valence electrons. The summed E-state index contributed by atoms with van der Waals surface area (Å²) in [6.07, 6.45) is 1.90. The number of aliphatic imine (C=N–C) groups is 1. The Morgan fingerprint density at radius 3 is 2.30 bits per heavy atom. The van der Waals surface area contributed by atoms with Crippen LogP contribution in [0.2, 0.25) is 0 Å². The van der Waals surface area contributed by atoms with Crippen LogP contribution in [0.1, 0.15) is 26.7 Å². The van der Waals surface area contributed by atoms with Crippen molar-refractivity contribution in [3.05, 3.63) is 30.3 Å². The van der Waals surface area contributed by atoms with Crippen molar-refractivity contribution in [1.82, 2.24) is 10.6 Å². The fourth-order valence-corrected chi connectivity index (χ4v) is 1.91. The summed E-state index contributed by atoms with van der Waals surface area (Å²) in [7, 11) is 1.78. The van der Waals surface area contributed by atoms with Gasteiger partial charge in [0.1, 0.15) is 5.75 Å². The van der Waals surface area contributed by atoms with Crippen LogP contribution in [0.5, 0.6) is 5.75 Å². The quantitative estimate of drug-likeness (QED) is 0.374. The molecule has 1 rings (SSSR count). The molecule has 5 nitrogen and oxygen atoms in total. The minimum atomic E-state index is 0.593. The van der Waals surface area contributed by atoms with Crippen LogP contribution < -0.4 is 15.4 Å². The highest BCUT2D eigenvalue weighted by Gasteiger charge is 1.98. The molecule has 0 atom stereocenters. The molecule has 0 radical (unpaired) electrons. The van der Waals surface area contributed by atoms with Crippen molar-refractivity contribution in [1.29, 1.82) is 0 Å². The van der Waals surface area contributed by atoms with Crippen LogP contribution in [0, 0.1) is 5.92 Å². The van der Waals surface area contributed by atoms with E-state index in [2.05, 4.69) is 29.5 Å². The maximum absolute atomic E-state index is 5.65. The van der Waals surface area contributed by atoms with Crippen molar-refractivity contribution in [2.24, 2.45) is 10.9 Å². The van der Waals surface area contributed by atoms with E-state index in [0.29, 0.717) is 12.5 Å². The van der Waals surface area contributed by atoms with Crippen LogP contribution in [-0.4, -0.2) is 45.9 Å². The minimum absolute atomic E-state index is 0.593. The molecule has 0 spiro atoms. The molecule has 23 heavy (non-hydrogen) atoms. The van der Waals surface area contributed by atoms with Gasteiger partial charge >= 0.3 is 0 Å². The van der Waals surface area contributed by atoms with Crippen molar-refractivity contribution in [3.63, 3.8) is 0 Å². The molecule has 1 aromatic carbocycles. The van der Waals surface area contributed by atoms with E-state index in [-0.39, 0.29) is 0 Å². The molecule has 0 aliphatic rings. The Bertz CT molecular complexity index is 422. The Balaban J connectivity index is 1.99. The van der Waals surface area contributed by atoms with E-state index < -0.39 is 0 Å². The Labute approximate surface area is 140 Å². The Morgan fingerprint density at radius 2 is 1.70 bits per heavy atom. The first kappa shape index (κ1) is 19.3. The van der Waals surface area contributed by atoms with Gasteiger partial charge in [-0.25, -0.2) is 0 Å². The van der Waals surface area contributed by atoms with E-state index in [1.807, 2.05) is 30.3 Å². The van der Waals surface area contributed by atoms with Gasteiger partial charge in [-0.05, 0) is 30.9 Å². The van der Waals surface area contributed by atoms with Crippen molar-refractivity contribution in [2.75, 3.05) is 40.0 Å². The van der Waals surface area contributed by atoms with Crippen LogP contribution in [0.25, 0.3) is 0 Å². The van der Waals surface area contributed by atoms with E-state index in [1.54, 1.807) is 7.05 Å². The van der Waals surface area contributed by atoms with Gasteiger partial charge < -0.3 is 20.1 Å². The topological polar surface area (TPSA) is 54.9 Å². The van der Waals surface area contributed by atoms with Gasteiger partial charge in [0.05, 0.1) is 6.61 Å². The highest BCUT2D eigenvalue weighted by atomic mass is 16.5. The summed E-state index contributed by atoms with van der Waals surface area (Å²) in [5.74, 6) is 2.33. The van der Waals surface area contributed by atoms with E-state index in [9.17, 15) is 0 Å². The summed E-state index contributed by atoms with van der Waals surface area (Å²) >= 11 is 0. The number of rotatable bonds is 11. The summed E-state index contributed by atoms with van der Waals surface area (Å²) in [6, 6.07) is 9.87. The molecule has 0 saturated carbocycles. The van der Waals surface area contributed by atoms with Gasteiger partial charge in [-0.1, -0.05) is 32.0 Å². The minimum Gasteiger partial charge on any atom is -0.494 e. The molecular weight excluding hydrogens is 290 g/mol. The van der Waals surface area contributed by atoms with Crippen molar-refractivity contribution < 1.29 is 9.47 Å². The van der Waals surface area contributed by atoms with Crippen molar-refractivity contribution >= 4 is 5.96 Å². The molecule has 0 fully saturated rings. The van der Waals surface area contributed by atoms with Gasteiger partial charge in [-0.2, -0.15) is 0 Å². The highest BCUT2D eigenvalue weighted by molar-refractivity contribution is 5.79. The number of benzene rings is 1. The molecule has 0 bridgehead atoms. The molecular formula is C18H31N3O2. The van der Waals surface area contributed by atoms with E-state index in [0.717, 1.165) is 50.9 Å². The molecule has 2 N–H and O–H groups in total. The molecule has 5 heteroatoms. The maximum Gasteiger partial charge on any atom is 0.190 e. The zero-order valence-corrected chi connectivity index (χ0v) is 14.7. The number of nitrogens with zero attached hydrogens (tertiary/aromatic N) is 1. The molecule has 0 aliphatic heterocycles. The van der Waals surface area contributed by atoms with Crippen LogP contribution in [0.3, 0.4) is 0 Å². The Morgan fingerprint density at radius 1 is 1.04 bits per heavy atom. The summed E-state index contributed by atoms with van der Waals surface area (Å²) in [6.45, 7) is 8.31. The van der Waals surface area contributed by atoms with Crippen LogP contribution in [0.4, 0.5) is 0 Å². The number of hydrogen-bond acceptors (Lipinski definition) is 3. The second-order valence-corrected chi connectivity index (χ2v) is 5.76. The molecule has 0 heterocycles. The molecule has 0 aliphatic carbocycles. The van der Waals surface area contributed by atoms with Crippen molar-refractivity contribution in [3.8, 4) is 5.75 Å². The predicted molar refractivity (Wildman–Crippen MR) is 96.2 cm³/mol. The third-order valence-electron chi connectivity index (χ3n) is 3.06. The first-order valence-electron chi connectivity index (χ1n) is 8.42. The van der Waals surface area contributed by atoms with E-state index in [4.69, 9.17) is 9.47 Å². The maximum atomic E-state index is 5.65. The molecule has 0 unspecified atom stereocenters. The zero-order valence-electron chi connectivity index (χ0n) is 14.7. The Kier molecular flexibility index (Phi) is 10.7. The number of guanidine groups is 1. The van der Waals surface area contributed by atoms with Gasteiger partial charge in [-0.3, -0.25) is 4.99 Å². The average molecular weight is 321 g/mol. The summed E-state index contributed by atoms with van der Waals surface area (Å²) in [5, 5.41) is 6.57. The van der Waals surface area contributed by atoms with Gasteiger partial charge in [0, 0.05) is 33.4 Å². The first-order valence-corrected chi connectivity index (χ1v) is 8.42. The van der Waals surface area contributed by atoms with E-state index in [1.165, 1.54) is 0 Å². The molecule has 1 aromatic rings. The standard InChI is InChI=1S/C18H31N3O2/c1-16(2)15-22-13-7-11-20-18(19-3)21-12-8-14-23-17-9-5-4-6-10-17/h4-6,9-10,16H,7-8,11-15H2,1-3H3,(H2,19,20,21). The lowest BCUT2D eigenvalue weighted by molar-refractivity contribution is 0.108. The lowest BCUT2D eigenvalue weighted by atomic mass is 10.2. The second-order valence-electron chi connectivity index (χ2n) is 5.76. The Hall–Kier alpha value is -1.75. The predicted octanol–water partition coefficient (Wildman–Crippen LogP) is 2.68. The summed E-state index contributed by atoms with van der Waals surface area (Å²) in [5.41, 5.74) is 0. The first-order chi connectivity index (χ1) is 11.2. The number of para-hydroxylation sites is 1. The van der Waals surface area contributed by atoms with Gasteiger partial charge in [0.15, 0.2) is 5.96 Å². The van der Waals surface area contributed by atoms with Gasteiger partial charge in [-0.15, -0.1) is 0 Å². The lowest BCUT2D eigenvalue weighted by Crippen LogP contribution is -2.38. The van der Waals surface area contributed by atoms with Crippen LogP contribution in [0.15, 0.2) is 35.3 Å². The SMILES string of the molecule is CN=C(NCCCOCC(C)C)NCCCOc1ccccc1. The number of nitrogens with one attached hydrogen (secondary N) is 2. The summed E-state index contributed by atoms with van der Waals surface area (Å²) in [4.78, 5) is 4.20. The third kappa shape index (κ3) is 10.6. The molecule has 0 amide bonds. The largest absolute Gasteiger partial charge is 0.494 e. The molecule has 0 aromatic heterocycles. The van der Waals surface area contributed by atoms with Crippen LogP contribution >= 0.6 is 0 Å². The summed E-state index contributed by atoms with van der Waals surface area (Å²) < 4.78 is 11.2. The van der Waals surface area contributed by atoms with Crippen LogP contribution in [-0.2, 0) is 4.74 Å². The monoisotopic (exact) mass is 321 g/mol. The number of ether oxygens (including phenoxy) is 2.